The number of rotatable bonds is 7. The van der Waals surface area contributed by atoms with Crippen molar-refractivity contribution in [1.82, 2.24) is 10.3 Å². The normalized spacial score (nSPS) is 10.7. The van der Waals surface area contributed by atoms with Crippen LogP contribution in [0.15, 0.2) is 72.1 Å². The van der Waals surface area contributed by atoms with Crippen LogP contribution in [0, 0.1) is 17.5 Å². The molecular weight excluding hydrogens is 437 g/mol. The number of nitrogens with zero attached hydrogens (tertiary/aromatic N) is 1. The maximum atomic E-state index is 13.9. The first-order valence-corrected chi connectivity index (χ1v) is 10.5. The molecule has 1 aromatic heterocycles. The van der Waals surface area contributed by atoms with E-state index in [9.17, 15) is 18.0 Å². The van der Waals surface area contributed by atoms with Crippen molar-refractivity contribution >= 4 is 17.2 Å². The van der Waals surface area contributed by atoms with Gasteiger partial charge >= 0.3 is 0 Å². The van der Waals surface area contributed by atoms with Crippen molar-refractivity contribution in [2.45, 2.75) is 13.2 Å². The Morgan fingerprint density at radius 2 is 1.78 bits per heavy atom. The van der Waals surface area contributed by atoms with Gasteiger partial charge in [-0.05, 0) is 48.0 Å². The molecule has 1 N–H and O–H groups in total. The number of hydrogen-bond donors (Lipinski definition) is 1. The van der Waals surface area contributed by atoms with Crippen LogP contribution in [0.2, 0.25) is 0 Å². The molecule has 4 rings (SSSR count). The van der Waals surface area contributed by atoms with Gasteiger partial charge in [-0.3, -0.25) is 4.79 Å². The molecule has 0 bridgehead atoms. The lowest BCUT2D eigenvalue weighted by Gasteiger charge is -2.10. The highest BCUT2D eigenvalue weighted by Crippen LogP contribution is 2.33. The van der Waals surface area contributed by atoms with Gasteiger partial charge in [0.15, 0.2) is 0 Å². The molecule has 3 aromatic carbocycles. The van der Waals surface area contributed by atoms with Crippen molar-refractivity contribution in [2.24, 2.45) is 0 Å². The minimum absolute atomic E-state index is 0.0938. The van der Waals surface area contributed by atoms with Gasteiger partial charge in [0, 0.05) is 17.5 Å². The van der Waals surface area contributed by atoms with Gasteiger partial charge in [-0.25, -0.2) is 18.2 Å². The third-order valence-corrected chi connectivity index (χ3v) is 5.46. The van der Waals surface area contributed by atoms with Gasteiger partial charge in [0.1, 0.15) is 40.5 Å². The minimum Gasteiger partial charge on any atom is -0.488 e. The molecule has 0 unspecified atom stereocenters. The first kappa shape index (κ1) is 21.6. The van der Waals surface area contributed by atoms with E-state index in [1.54, 1.807) is 41.8 Å². The van der Waals surface area contributed by atoms with Crippen LogP contribution in [0.5, 0.6) is 5.75 Å². The molecule has 0 aliphatic carbocycles. The Morgan fingerprint density at radius 1 is 0.969 bits per heavy atom. The Hall–Kier alpha value is -3.65. The van der Waals surface area contributed by atoms with Gasteiger partial charge in [-0.1, -0.05) is 24.3 Å². The lowest BCUT2D eigenvalue weighted by atomic mass is 10.2. The summed E-state index contributed by atoms with van der Waals surface area (Å²) in [7, 11) is 0. The molecule has 32 heavy (non-hydrogen) atoms. The number of aromatic nitrogens is 1. The van der Waals surface area contributed by atoms with Crippen LogP contribution in [0.4, 0.5) is 13.2 Å². The molecule has 0 saturated heterocycles. The van der Waals surface area contributed by atoms with Crippen molar-refractivity contribution < 1.29 is 22.7 Å². The predicted molar refractivity (Wildman–Crippen MR) is 116 cm³/mol. The number of thiazole rings is 1. The SMILES string of the molecule is O=C(NCc1cccc(F)c1)c1csc(-c2ccccc2OCc2cc(F)ccc2F)n1. The first-order chi connectivity index (χ1) is 15.5. The van der Waals surface area contributed by atoms with E-state index in [-0.39, 0.29) is 30.2 Å². The molecule has 0 aliphatic rings. The standard InChI is InChI=1S/C24H17F3N2O2S/c25-17-5-3-4-15(10-17)12-28-23(30)21-14-32-24(29-21)19-6-1-2-7-22(19)31-13-16-11-18(26)8-9-20(16)27/h1-11,14H,12-13H2,(H,28,30). The summed E-state index contributed by atoms with van der Waals surface area (Å²) >= 11 is 1.25. The van der Waals surface area contributed by atoms with Crippen LogP contribution >= 0.6 is 11.3 Å². The van der Waals surface area contributed by atoms with Crippen molar-refractivity contribution in [3.05, 3.63) is 106 Å². The Labute approximate surface area is 186 Å². The Morgan fingerprint density at radius 3 is 2.62 bits per heavy atom. The molecule has 0 aliphatic heterocycles. The Kier molecular flexibility index (Phi) is 6.51. The molecule has 8 heteroatoms. The second-order valence-corrected chi connectivity index (χ2v) is 7.73. The molecule has 0 radical (unpaired) electrons. The van der Waals surface area contributed by atoms with E-state index in [0.717, 1.165) is 18.2 Å². The van der Waals surface area contributed by atoms with Crippen molar-refractivity contribution in [3.63, 3.8) is 0 Å². The zero-order valence-electron chi connectivity index (χ0n) is 16.6. The highest BCUT2D eigenvalue weighted by molar-refractivity contribution is 7.13. The smallest absolute Gasteiger partial charge is 0.271 e. The molecule has 162 valence electrons. The zero-order valence-corrected chi connectivity index (χ0v) is 17.5. The van der Waals surface area contributed by atoms with Crippen LogP contribution in [-0.4, -0.2) is 10.9 Å². The largest absolute Gasteiger partial charge is 0.488 e. The summed E-state index contributed by atoms with van der Waals surface area (Å²) in [6, 6.07) is 16.2. The quantitative estimate of drug-likeness (QED) is 0.388. The Bertz CT molecular complexity index is 1260. The van der Waals surface area contributed by atoms with E-state index < -0.39 is 17.5 Å². The number of hydrogen-bond acceptors (Lipinski definition) is 4. The maximum Gasteiger partial charge on any atom is 0.271 e. The van der Waals surface area contributed by atoms with Crippen molar-refractivity contribution in [3.8, 4) is 16.3 Å². The molecule has 1 amide bonds. The zero-order chi connectivity index (χ0) is 22.5. The lowest BCUT2D eigenvalue weighted by Crippen LogP contribution is -2.23. The fraction of sp³-hybridized carbons (Fsp3) is 0.0833. The molecule has 0 atom stereocenters. The van der Waals surface area contributed by atoms with E-state index in [4.69, 9.17) is 4.74 Å². The number of amides is 1. The molecule has 0 spiro atoms. The summed E-state index contributed by atoms with van der Waals surface area (Å²) in [6.45, 7) is 0.00924. The summed E-state index contributed by atoms with van der Waals surface area (Å²) in [4.78, 5) is 16.8. The molecule has 0 fully saturated rings. The molecule has 1 heterocycles. The minimum atomic E-state index is -0.560. The van der Waals surface area contributed by atoms with Gasteiger partial charge in [0.05, 0.1) is 5.56 Å². The van der Waals surface area contributed by atoms with Crippen molar-refractivity contribution in [2.75, 3.05) is 0 Å². The van der Waals surface area contributed by atoms with E-state index in [1.807, 2.05) is 0 Å². The molecule has 0 saturated carbocycles. The second-order valence-electron chi connectivity index (χ2n) is 6.87. The number of nitrogens with one attached hydrogen (secondary N) is 1. The van der Waals surface area contributed by atoms with E-state index in [0.29, 0.717) is 21.9 Å². The maximum absolute atomic E-state index is 13.9. The third-order valence-electron chi connectivity index (χ3n) is 4.59. The van der Waals surface area contributed by atoms with E-state index in [1.165, 1.54) is 23.5 Å². The summed E-state index contributed by atoms with van der Waals surface area (Å²) < 4.78 is 46.3. The Balaban J connectivity index is 1.46. The number of carbonyl (C=O) groups excluding carboxylic acids is 1. The van der Waals surface area contributed by atoms with Crippen LogP contribution in [0.1, 0.15) is 21.6 Å². The highest BCUT2D eigenvalue weighted by Gasteiger charge is 2.15. The van der Waals surface area contributed by atoms with Crippen LogP contribution in [0.25, 0.3) is 10.6 Å². The summed E-state index contributed by atoms with van der Waals surface area (Å²) in [5.41, 5.74) is 1.57. The molecule has 4 aromatic rings. The second kappa shape index (κ2) is 9.65. The fourth-order valence-electron chi connectivity index (χ4n) is 3.00. The van der Waals surface area contributed by atoms with Gasteiger partial charge < -0.3 is 10.1 Å². The molecular formula is C24H17F3N2O2S. The first-order valence-electron chi connectivity index (χ1n) is 9.64. The number of benzene rings is 3. The van der Waals surface area contributed by atoms with E-state index in [2.05, 4.69) is 10.3 Å². The van der Waals surface area contributed by atoms with Gasteiger partial charge in [0.2, 0.25) is 0 Å². The average molecular weight is 454 g/mol. The van der Waals surface area contributed by atoms with Gasteiger partial charge in [-0.15, -0.1) is 11.3 Å². The number of halogens is 3. The highest BCUT2D eigenvalue weighted by atomic mass is 32.1. The number of para-hydroxylation sites is 1. The van der Waals surface area contributed by atoms with Crippen LogP contribution in [0.3, 0.4) is 0 Å². The number of ether oxygens (including phenoxy) is 1. The fourth-order valence-corrected chi connectivity index (χ4v) is 3.83. The monoisotopic (exact) mass is 454 g/mol. The van der Waals surface area contributed by atoms with Gasteiger partial charge in [0.25, 0.3) is 5.91 Å². The summed E-state index contributed by atoms with van der Waals surface area (Å²) in [6.07, 6.45) is 0. The number of carbonyl (C=O) groups is 1. The van der Waals surface area contributed by atoms with Crippen molar-refractivity contribution in [1.29, 1.82) is 0 Å². The summed E-state index contributed by atoms with van der Waals surface area (Å²) in [5, 5.41) is 4.86. The topological polar surface area (TPSA) is 51.2 Å². The lowest BCUT2D eigenvalue weighted by molar-refractivity contribution is 0.0946. The van der Waals surface area contributed by atoms with Gasteiger partial charge in [-0.2, -0.15) is 0 Å². The van der Waals surface area contributed by atoms with E-state index >= 15 is 0 Å². The summed E-state index contributed by atoms with van der Waals surface area (Å²) in [5.74, 6) is -1.45. The van der Waals surface area contributed by atoms with Crippen LogP contribution < -0.4 is 10.1 Å². The van der Waals surface area contributed by atoms with Crippen LogP contribution in [-0.2, 0) is 13.2 Å². The molecule has 4 nitrogen and oxygen atoms in total. The average Bonchev–Trinajstić information content (AvgIpc) is 3.28. The third kappa shape index (κ3) is 5.15. The predicted octanol–water partition coefficient (Wildman–Crippen LogP) is 5.74.